The van der Waals surface area contributed by atoms with E-state index in [1.807, 2.05) is 32.0 Å². The zero-order chi connectivity index (χ0) is 29.8. The lowest BCUT2D eigenvalue weighted by Crippen LogP contribution is -2.46. The number of hydrogen-bond donors (Lipinski definition) is 4. The van der Waals surface area contributed by atoms with Crippen LogP contribution in [0.25, 0.3) is 0 Å². The summed E-state index contributed by atoms with van der Waals surface area (Å²) in [6.07, 6.45) is 1.56. The van der Waals surface area contributed by atoms with Crippen molar-refractivity contribution >= 4 is 11.8 Å². The first-order valence-electron chi connectivity index (χ1n) is 14.0. The second kappa shape index (κ2) is 16.7. The van der Waals surface area contributed by atoms with Crippen molar-refractivity contribution in [2.75, 3.05) is 34.0 Å². The minimum Gasteiger partial charge on any atom is -0.493 e. The predicted molar refractivity (Wildman–Crippen MR) is 155 cm³/mol. The molecule has 0 spiro atoms. The van der Waals surface area contributed by atoms with Crippen LogP contribution in [0, 0.1) is 29.1 Å². The van der Waals surface area contributed by atoms with Crippen molar-refractivity contribution in [3.05, 3.63) is 23.8 Å². The molecule has 9 heteroatoms. The monoisotopic (exact) mass is 551 g/mol. The van der Waals surface area contributed by atoms with Crippen molar-refractivity contribution < 1.29 is 28.9 Å². The molecule has 1 aromatic rings. The Bertz CT molecular complexity index is 889. The van der Waals surface area contributed by atoms with Crippen LogP contribution in [0.3, 0.4) is 0 Å². The Balaban J connectivity index is 2.87. The van der Waals surface area contributed by atoms with Crippen molar-refractivity contribution in [3.63, 3.8) is 0 Å². The van der Waals surface area contributed by atoms with E-state index in [4.69, 9.17) is 25.7 Å². The zero-order valence-electron chi connectivity index (χ0n) is 25.3. The van der Waals surface area contributed by atoms with Crippen LogP contribution in [0.2, 0.25) is 0 Å². The summed E-state index contributed by atoms with van der Waals surface area (Å²) in [5.41, 5.74) is 12.2. The van der Waals surface area contributed by atoms with Crippen LogP contribution in [0.15, 0.2) is 18.2 Å². The number of amides is 2. The van der Waals surface area contributed by atoms with Gasteiger partial charge in [-0.3, -0.25) is 9.59 Å². The van der Waals surface area contributed by atoms with E-state index in [0.29, 0.717) is 37.1 Å². The molecule has 6 N–H and O–H groups in total. The Morgan fingerprint density at radius 3 is 2.23 bits per heavy atom. The molecule has 0 bridgehead atoms. The van der Waals surface area contributed by atoms with Crippen molar-refractivity contribution in [2.24, 2.45) is 40.6 Å². The van der Waals surface area contributed by atoms with Crippen molar-refractivity contribution in [1.82, 2.24) is 5.32 Å². The number of carbonyl (C=O) groups excluding carboxylic acids is 2. The molecule has 0 aliphatic rings. The molecular formula is C30H53N3O6. The minimum absolute atomic E-state index is 0.00829. The van der Waals surface area contributed by atoms with Gasteiger partial charge in [0.1, 0.15) is 0 Å². The van der Waals surface area contributed by atoms with Crippen LogP contribution >= 0.6 is 0 Å². The van der Waals surface area contributed by atoms with Crippen molar-refractivity contribution in [1.29, 1.82) is 0 Å². The van der Waals surface area contributed by atoms with E-state index in [1.54, 1.807) is 28.1 Å². The third-order valence-corrected chi connectivity index (χ3v) is 7.50. The Kier molecular flexibility index (Phi) is 14.8. The molecule has 224 valence electrons. The summed E-state index contributed by atoms with van der Waals surface area (Å²) in [4.78, 5) is 24.5. The first-order valence-corrected chi connectivity index (χ1v) is 14.0. The molecule has 0 aromatic heterocycles. The molecule has 1 aromatic carbocycles. The van der Waals surface area contributed by atoms with Crippen LogP contribution in [0.1, 0.15) is 66.4 Å². The van der Waals surface area contributed by atoms with E-state index in [0.717, 1.165) is 18.4 Å². The maximum atomic E-state index is 12.9. The molecule has 0 heterocycles. The summed E-state index contributed by atoms with van der Waals surface area (Å²) in [5, 5.41) is 13.9. The fraction of sp³-hybridized carbons (Fsp3) is 0.733. The third-order valence-electron chi connectivity index (χ3n) is 7.50. The fourth-order valence-electron chi connectivity index (χ4n) is 4.39. The smallest absolute Gasteiger partial charge is 0.224 e. The standard InChI is InChI=1S/C30H53N3O6/c1-19(2)22(14-21-10-11-26(38-8)27(15-21)39-13-9-12-37-7)16-24(31)25(34)17-23(20(3)4)28(35)33-18-30(5,6)29(32)36/h10-11,15,19-20,22-25,34H,9,12-14,16-18,31H2,1-8H3,(H2,32,36)(H,33,35)/t22?,23-,24?,25?/m0/s1. The highest BCUT2D eigenvalue weighted by atomic mass is 16.5. The largest absolute Gasteiger partial charge is 0.493 e. The number of carbonyl (C=O) groups is 2. The molecular weight excluding hydrogens is 498 g/mol. The second-order valence-corrected chi connectivity index (χ2v) is 11.9. The van der Waals surface area contributed by atoms with Crippen molar-refractivity contribution in [2.45, 2.75) is 79.4 Å². The number of primary amides is 1. The number of nitrogens with two attached hydrogens (primary N) is 2. The highest BCUT2D eigenvalue weighted by molar-refractivity contribution is 5.83. The average Bonchev–Trinajstić information content (AvgIpc) is 2.87. The van der Waals surface area contributed by atoms with Crippen LogP contribution in [0.5, 0.6) is 11.5 Å². The average molecular weight is 552 g/mol. The Hall–Kier alpha value is -2.36. The van der Waals surface area contributed by atoms with Gasteiger partial charge < -0.3 is 36.1 Å². The lowest BCUT2D eigenvalue weighted by atomic mass is 9.80. The number of aliphatic hydroxyl groups is 1. The number of benzene rings is 1. The number of methoxy groups -OCH3 is 2. The maximum absolute atomic E-state index is 12.9. The van der Waals surface area contributed by atoms with Crippen LogP contribution in [-0.2, 0) is 20.7 Å². The highest BCUT2D eigenvalue weighted by Crippen LogP contribution is 2.32. The van der Waals surface area contributed by atoms with Crippen LogP contribution < -0.4 is 26.3 Å². The molecule has 2 amide bonds. The summed E-state index contributed by atoms with van der Waals surface area (Å²) in [5.74, 6) is 0.792. The summed E-state index contributed by atoms with van der Waals surface area (Å²) in [6, 6.07) is 5.47. The highest BCUT2D eigenvalue weighted by Gasteiger charge is 2.32. The number of hydrogen-bond acceptors (Lipinski definition) is 7. The van der Waals surface area contributed by atoms with Gasteiger partial charge in [-0.15, -0.1) is 0 Å². The predicted octanol–water partition coefficient (Wildman–Crippen LogP) is 3.29. The van der Waals surface area contributed by atoms with E-state index in [-0.39, 0.29) is 30.7 Å². The molecule has 0 saturated carbocycles. The van der Waals surface area contributed by atoms with E-state index in [2.05, 4.69) is 19.2 Å². The van der Waals surface area contributed by atoms with Gasteiger partial charge in [0.15, 0.2) is 11.5 Å². The second-order valence-electron chi connectivity index (χ2n) is 11.9. The number of rotatable bonds is 19. The third kappa shape index (κ3) is 11.7. The Labute approximate surface area is 235 Å². The molecule has 9 nitrogen and oxygen atoms in total. The topological polar surface area (TPSA) is 146 Å². The number of nitrogens with one attached hydrogen (secondary N) is 1. The van der Waals surface area contributed by atoms with Gasteiger partial charge in [0, 0.05) is 38.6 Å². The number of aliphatic hydroxyl groups excluding tert-OH is 1. The molecule has 0 aliphatic heterocycles. The van der Waals surface area contributed by atoms with E-state index >= 15 is 0 Å². The van der Waals surface area contributed by atoms with Crippen LogP contribution in [-0.4, -0.2) is 63.0 Å². The van der Waals surface area contributed by atoms with Crippen LogP contribution in [0.4, 0.5) is 0 Å². The molecule has 0 aliphatic carbocycles. The quantitative estimate of drug-likeness (QED) is 0.193. The molecule has 0 saturated heterocycles. The van der Waals surface area contributed by atoms with Gasteiger partial charge in [-0.2, -0.15) is 0 Å². The minimum atomic E-state index is -0.854. The van der Waals surface area contributed by atoms with Gasteiger partial charge in [0.05, 0.1) is 25.2 Å². The fourth-order valence-corrected chi connectivity index (χ4v) is 4.39. The summed E-state index contributed by atoms with van der Waals surface area (Å²) in [7, 11) is 3.29. The van der Waals surface area contributed by atoms with E-state index < -0.39 is 29.4 Å². The van der Waals surface area contributed by atoms with E-state index in [1.165, 1.54) is 0 Å². The summed E-state index contributed by atoms with van der Waals surface area (Å²) < 4.78 is 16.5. The SMILES string of the molecule is COCCCOc1cc(CC(CC(N)C(O)C[C@H](C(=O)NCC(C)(C)C(N)=O)C(C)C)C(C)C)ccc1OC. The molecule has 3 unspecified atom stereocenters. The van der Waals surface area contributed by atoms with Gasteiger partial charge in [0.25, 0.3) is 0 Å². The Morgan fingerprint density at radius 2 is 1.69 bits per heavy atom. The summed E-state index contributed by atoms with van der Waals surface area (Å²) >= 11 is 0. The van der Waals surface area contributed by atoms with Gasteiger partial charge >= 0.3 is 0 Å². The molecule has 39 heavy (non-hydrogen) atoms. The van der Waals surface area contributed by atoms with Gasteiger partial charge in [0.2, 0.25) is 11.8 Å². The van der Waals surface area contributed by atoms with Gasteiger partial charge in [-0.25, -0.2) is 0 Å². The van der Waals surface area contributed by atoms with Gasteiger partial charge in [-0.1, -0.05) is 33.8 Å². The van der Waals surface area contributed by atoms with E-state index in [9.17, 15) is 14.7 Å². The first kappa shape index (κ1) is 34.7. The Morgan fingerprint density at radius 1 is 1.03 bits per heavy atom. The summed E-state index contributed by atoms with van der Waals surface area (Å²) in [6.45, 7) is 12.9. The number of ether oxygens (including phenoxy) is 3. The molecule has 0 fully saturated rings. The zero-order valence-corrected chi connectivity index (χ0v) is 25.3. The molecule has 1 rings (SSSR count). The first-order chi connectivity index (χ1) is 18.2. The maximum Gasteiger partial charge on any atom is 0.224 e. The molecule has 0 radical (unpaired) electrons. The lowest BCUT2D eigenvalue weighted by Gasteiger charge is -2.30. The molecule has 4 atom stereocenters. The lowest BCUT2D eigenvalue weighted by molar-refractivity contribution is -0.130. The van der Waals surface area contributed by atoms with Crippen molar-refractivity contribution in [3.8, 4) is 11.5 Å². The van der Waals surface area contributed by atoms with Gasteiger partial charge in [-0.05, 0) is 68.6 Å². The normalized spacial score (nSPS) is 15.1.